The Morgan fingerprint density at radius 3 is 2.27 bits per heavy atom. The Morgan fingerprint density at radius 1 is 0.867 bits per heavy atom. The lowest BCUT2D eigenvalue weighted by molar-refractivity contribution is 0.0804. The molecule has 2 rings (SSSR count). The first-order chi connectivity index (χ1) is 7.40. The molecule has 0 aromatic rings. The average Bonchev–Trinajstić information content (AvgIpc) is 2.53. The van der Waals surface area contributed by atoms with E-state index in [1.54, 1.807) is 0 Å². The molecular formula is C13H25NO. The zero-order valence-electron chi connectivity index (χ0n) is 10.0. The molecular weight excluding hydrogens is 186 g/mol. The molecule has 2 fully saturated rings. The maximum atomic E-state index is 5.53. The summed E-state index contributed by atoms with van der Waals surface area (Å²) in [5, 5.41) is 3.83. The average molecular weight is 211 g/mol. The number of hydrogen-bond donors (Lipinski definition) is 1. The highest BCUT2D eigenvalue weighted by Crippen LogP contribution is 2.24. The fraction of sp³-hybridized carbons (Fsp3) is 1.00. The summed E-state index contributed by atoms with van der Waals surface area (Å²) in [5.41, 5.74) is 0. The second kappa shape index (κ2) is 5.86. The van der Waals surface area contributed by atoms with E-state index in [2.05, 4.69) is 5.32 Å². The van der Waals surface area contributed by atoms with E-state index in [1.807, 2.05) is 7.11 Å². The van der Waals surface area contributed by atoms with Gasteiger partial charge in [0.1, 0.15) is 0 Å². The Labute approximate surface area is 93.8 Å². The maximum Gasteiger partial charge on any atom is 0.0724 e. The fourth-order valence-electron chi connectivity index (χ4n) is 3.15. The molecule has 2 nitrogen and oxygen atoms in total. The molecule has 2 aliphatic carbocycles. The highest BCUT2D eigenvalue weighted by Gasteiger charge is 2.28. The van der Waals surface area contributed by atoms with Crippen LogP contribution in [0.2, 0.25) is 0 Å². The molecule has 0 aromatic carbocycles. The van der Waals surface area contributed by atoms with E-state index in [0.717, 1.165) is 6.04 Å². The van der Waals surface area contributed by atoms with Crippen molar-refractivity contribution >= 4 is 0 Å². The maximum absolute atomic E-state index is 5.53. The van der Waals surface area contributed by atoms with E-state index in [9.17, 15) is 0 Å². The molecule has 0 bridgehead atoms. The second-order valence-corrected chi connectivity index (χ2v) is 5.17. The van der Waals surface area contributed by atoms with Crippen molar-refractivity contribution in [2.75, 3.05) is 7.11 Å². The van der Waals surface area contributed by atoms with Gasteiger partial charge in [-0.2, -0.15) is 0 Å². The lowest BCUT2D eigenvalue weighted by Gasteiger charge is -2.25. The Hall–Kier alpha value is -0.0800. The molecule has 2 aliphatic rings. The van der Waals surface area contributed by atoms with Crippen molar-refractivity contribution in [2.45, 2.75) is 76.0 Å². The van der Waals surface area contributed by atoms with Gasteiger partial charge in [-0.15, -0.1) is 0 Å². The summed E-state index contributed by atoms with van der Waals surface area (Å²) >= 11 is 0. The summed E-state index contributed by atoms with van der Waals surface area (Å²) in [4.78, 5) is 0. The summed E-state index contributed by atoms with van der Waals surface area (Å²) < 4.78 is 5.53. The summed E-state index contributed by atoms with van der Waals surface area (Å²) in [6.45, 7) is 0. The van der Waals surface area contributed by atoms with Gasteiger partial charge < -0.3 is 10.1 Å². The first-order valence-electron chi connectivity index (χ1n) is 6.69. The predicted octanol–water partition coefficient (Wildman–Crippen LogP) is 2.87. The minimum atomic E-state index is 0.480. The molecule has 0 aliphatic heterocycles. The molecule has 0 heterocycles. The standard InChI is InChI=1S/C13H25NO/c1-15-13-10-6-9-12(13)14-11-7-4-2-3-5-8-11/h11-14H,2-10H2,1H3. The summed E-state index contributed by atoms with van der Waals surface area (Å²) in [6, 6.07) is 1.41. The van der Waals surface area contributed by atoms with Crippen molar-refractivity contribution in [3.8, 4) is 0 Å². The Morgan fingerprint density at radius 2 is 1.60 bits per heavy atom. The molecule has 0 spiro atoms. The largest absolute Gasteiger partial charge is 0.380 e. The van der Waals surface area contributed by atoms with E-state index in [1.165, 1.54) is 57.8 Å². The van der Waals surface area contributed by atoms with E-state index >= 15 is 0 Å². The van der Waals surface area contributed by atoms with Crippen LogP contribution in [0.5, 0.6) is 0 Å². The molecule has 1 N–H and O–H groups in total. The van der Waals surface area contributed by atoms with Gasteiger partial charge in [-0.25, -0.2) is 0 Å². The van der Waals surface area contributed by atoms with Crippen LogP contribution in [0.3, 0.4) is 0 Å². The SMILES string of the molecule is COC1CCCC1NC1CCCCCC1. The molecule has 2 unspecified atom stereocenters. The number of ether oxygens (including phenoxy) is 1. The van der Waals surface area contributed by atoms with Crippen molar-refractivity contribution < 1.29 is 4.74 Å². The van der Waals surface area contributed by atoms with Crippen LogP contribution in [0.25, 0.3) is 0 Å². The van der Waals surface area contributed by atoms with Gasteiger partial charge in [0.2, 0.25) is 0 Å². The van der Waals surface area contributed by atoms with Crippen molar-refractivity contribution in [1.82, 2.24) is 5.32 Å². The van der Waals surface area contributed by atoms with Crippen LogP contribution in [0.15, 0.2) is 0 Å². The molecule has 0 aromatic heterocycles. The van der Waals surface area contributed by atoms with E-state index in [-0.39, 0.29) is 0 Å². The molecule has 2 heteroatoms. The third-order valence-electron chi connectivity index (χ3n) is 4.06. The van der Waals surface area contributed by atoms with Crippen LogP contribution in [-0.2, 0) is 4.74 Å². The normalized spacial score (nSPS) is 34.2. The van der Waals surface area contributed by atoms with Crippen molar-refractivity contribution in [3.63, 3.8) is 0 Å². The summed E-state index contributed by atoms with van der Waals surface area (Å²) in [5.74, 6) is 0. The van der Waals surface area contributed by atoms with Crippen LogP contribution in [-0.4, -0.2) is 25.3 Å². The Kier molecular flexibility index (Phi) is 4.45. The molecule has 2 atom stereocenters. The molecule has 15 heavy (non-hydrogen) atoms. The minimum absolute atomic E-state index is 0.480. The van der Waals surface area contributed by atoms with Crippen LogP contribution < -0.4 is 5.32 Å². The molecule has 0 amide bonds. The zero-order chi connectivity index (χ0) is 10.5. The highest BCUT2D eigenvalue weighted by molar-refractivity contribution is 4.87. The van der Waals surface area contributed by atoms with Crippen LogP contribution in [0.1, 0.15) is 57.8 Å². The minimum Gasteiger partial charge on any atom is -0.380 e. The molecule has 2 saturated carbocycles. The summed E-state index contributed by atoms with van der Waals surface area (Å²) in [7, 11) is 1.86. The number of hydrogen-bond acceptors (Lipinski definition) is 2. The first-order valence-corrected chi connectivity index (χ1v) is 6.69. The quantitative estimate of drug-likeness (QED) is 0.725. The van der Waals surface area contributed by atoms with Gasteiger partial charge >= 0.3 is 0 Å². The van der Waals surface area contributed by atoms with E-state index in [4.69, 9.17) is 4.74 Å². The number of nitrogens with one attached hydrogen (secondary N) is 1. The van der Waals surface area contributed by atoms with Crippen LogP contribution in [0, 0.1) is 0 Å². The third kappa shape index (κ3) is 3.18. The third-order valence-corrected chi connectivity index (χ3v) is 4.06. The molecule has 0 radical (unpaired) electrons. The van der Waals surface area contributed by atoms with Gasteiger partial charge in [0.25, 0.3) is 0 Å². The lowest BCUT2D eigenvalue weighted by atomic mass is 10.1. The molecule has 88 valence electrons. The van der Waals surface area contributed by atoms with Crippen molar-refractivity contribution in [3.05, 3.63) is 0 Å². The smallest absolute Gasteiger partial charge is 0.0724 e. The zero-order valence-corrected chi connectivity index (χ0v) is 10.0. The van der Waals surface area contributed by atoms with Gasteiger partial charge in [-0.1, -0.05) is 25.7 Å². The topological polar surface area (TPSA) is 21.3 Å². The van der Waals surface area contributed by atoms with Crippen LogP contribution in [0.4, 0.5) is 0 Å². The monoisotopic (exact) mass is 211 g/mol. The van der Waals surface area contributed by atoms with Crippen molar-refractivity contribution in [2.24, 2.45) is 0 Å². The first kappa shape index (κ1) is 11.4. The number of methoxy groups -OCH3 is 1. The highest BCUT2D eigenvalue weighted by atomic mass is 16.5. The predicted molar refractivity (Wildman–Crippen MR) is 63.1 cm³/mol. The number of rotatable bonds is 3. The van der Waals surface area contributed by atoms with Gasteiger partial charge in [-0.3, -0.25) is 0 Å². The second-order valence-electron chi connectivity index (χ2n) is 5.17. The fourth-order valence-corrected chi connectivity index (χ4v) is 3.15. The lowest BCUT2D eigenvalue weighted by Crippen LogP contribution is -2.43. The van der Waals surface area contributed by atoms with Crippen molar-refractivity contribution in [1.29, 1.82) is 0 Å². The van der Waals surface area contributed by atoms with Gasteiger partial charge in [0.05, 0.1) is 6.10 Å². The van der Waals surface area contributed by atoms with Gasteiger partial charge in [0.15, 0.2) is 0 Å². The van der Waals surface area contributed by atoms with E-state index < -0.39 is 0 Å². The summed E-state index contributed by atoms with van der Waals surface area (Å²) in [6.07, 6.45) is 12.9. The Bertz CT molecular complexity index is 175. The molecule has 0 saturated heterocycles. The van der Waals surface area contributed by atoms with Gasteiger partial charge in [-0.05, 0) is 32.1 Å². The van der Waals surface area contributed by atoms with Gasteiger partial charge in [0, 0.05) is 19.2 Å². The van der Waals surface area contributed by atoms with E-state index in [0.29, 0.717) is 12.1 Å². The Balaban J connectivity index is 1.78. The van der Waals surface area contributed by atoms with Crippen LogP contribution >= 0.6 is 0 Å².